The third-order valence-corrected chi connectivity index (χ3v) is 6.42. The van der Waals surface area contributed by atoms with E-state index in [1.807, 2.05) is 0 Å². The molecule has 2 aliphatic rings. The highest BCUT2D eigenvalue weighted by Gasteiger charge is 2.40. The molecular formula is C14H25N3O2S. The summed E-state index contributed by atoms with van der Waals surface area (Å²) in [6.45, 7) is 3.31. The maximum atomic E-state index is 12.4. The van der Waals surface area contributed by atoms with E-state index in [1.165, 1.54) is 4.31 Å². The molecule has 0 atom stereocenters. The average Bonchev–Trinajstić information content (AvgIpc) is 2.48. The molecule has 0 unspecified atom stereocenters. The van der Waals surface area contributed by atoms with Gasteiger partial charge in [0.25, 0.3) is 10.2 Å². The first-order chi connectivity index (χ1) is 9.51. The second-order valence-electron chi connectivity index (χ2n) is 6.11. The zero-order chi connectivity index (χ0) is 14.6. The van der Waals surface area contributed by atoms with Gasteiger partial charge in [-0.2, -0.15) is 22.7 Å². The van der Waals surface area contributed by atoms with E-state index in [-0.39, 0.29) is 0 Å². The van der Waals surface area contributed by atoms with Gasteiger partial charge in [-0.1, -0.05) is 19.8 Å². The summed E-state index contributed by atoms with van der Waals surface area (Å²) in [5.74, 6) is 0.635. The number of rotatable bonds is 4. The summed E-state index contributed by atoms with van der Waals surface area (Å²) in [5, 5.41) is 9.47. The predicted octanol–water partition coefficient (Wildman–Crippen LogP) is 2.17. The van der Waals surface area contributed by atoms with Crippen LogP contribution in [0.15, 0.2) is 0 Å². The molecule has 0 aromatic carbocycles. The molecule has 1 aliphatic heterocycles. The van der Waals surface area contributed by atoms with Crippen molar-refractivity contribution >= 4 is 10.2 Å². The van der Waals surface area contributed by atoms with E-state index < -0.39 is 15.7 Å². The van der Waals surface area contributed by atoms with Crippen LogP contribution in [0.25, 0.3) is 0 Å². The van der Waals surface area contributed by atoms with Crippen molar-refractivity contribution in [3.8, 4) is 6.07 Å². The van der Waals surface area contributed by atoms with Crippen molar-refractivity contribution in [3.63, 3.8) is 0 Å². The van der Waals surface area contributed by atoms with Gasteiger partial charge in [0.1, 0.15) is 5.54 Å². The summed E-state index contributed by atoms with van der Waals surface area (Å²) in [6.07, 6.45) is 7.17. The lowest BCUT2D eigenvalue weighted by molar-refractivity contribution is 0.251. The molecule has 6 heteroatoms. The maximum absolute atomic E-state index is 12.4. The van der Waals surface area contributed by atoms with E-state index >= 15 is 0 Å². The summed E-state index contributed by atoms with van der Waals surface area (Å²) in [6, 6.07) is 2.24. The van der Waals surface area contributed by atoms with E-state index in [0.717, 1.165) is 38.5 Å². The Balaban J connectivity index is 2.04. The molecule has 1 N–H and O–H groups in total. The van der Waals surface area contributed by atoms with E-state index in [0.29, 0.717) is 31.8 Å². The molecule has 0 aromatic rings. The Labute approximate surface area is 122 Å². The average molecular weight is 299 g/mol. The van der Waals surface area contributed by atoms with Crippen LogP contribution in [-0.4, -0.2) is 31.4 Å². The van der Waals surface area contributed by atoms with Crippen LogP contribution in [0.1, 0.15) is 58.3 Å². The lowest BCUT2D eigenvalue weighted by Crippen LogP contribution is -2.55. The fourth-order valence-electron chi connectivity index (χ4n) is 3.23. The predicted molar refractivity (Wildman–Crippen MR) is 78.1 cm³/mol. The van der Waals surface area contributed by atoms with Crippen LogP contribution in [-0.2, 0) is 10.2 Å². The molecule has 1 aliphatic carbocycles. The Morgan fingerprint density at radius 3 is 2.35 bits per heavy atom. The Bertz CT molecular complexity index is 455. The molecule has 2 fully saturated rings. The first-order valence-electron chi connectivity index (χ1n) is 7.72. The Kier molecular flexibility index (Phi) is 5.05. The first-order valence-corrected chi connectivity index (χ1v) is 9.16. The van der Waals surface area contributed by atoms with Gasteiger partial charge in [0.05, 0.1) is 6.07 Å². The lowest BCUT2D eigenvalue weighted by atomic mass is 9.77. The third-order valence-electron chi connectivity index (χ3n) is 4.73. The molecule has 0 amide bonds. The van der Waals surface area contributed by atoms with Crippen molar-refractivity contribution < 1.29 is 8.42 Å². The van der Waals surface area contributed by atoms with Gasteiger partial charge < -0.3 is 0 Å². The second-order valence-corrected chi connectivity index (χ2v) is 7.78. The van der Waals surface area contributed by atoms with Crippen LogP contribution in [0.2, 0.25) is 0 Å². The molecule has 0 bridgehead atoms. The molecule has 114 valence electrons. The molecule has 5 nitrogen and oxygen atoms in total. The Morgan fingerprint density at radius 1 is 1.25 bits per heavy atom. The number of nitrogens with one attached hydrogen (secondary N) is 1. The molecule has 1 heterocycles. The Morgan fingerprint density at radius 2 is 1.85 bits per heavy atom. The van der Waals surface area contributed by atoms with Gasteiger partial charge in [-0.3, -0.25) is 0 Å². The minimum absolute atomic E-state index is 0.578. The molecule has 20 heavy (non-hydrogen) atoms. The lowest BCUT2D eigenvalue weighted by Gasteiger charge is -2.37. The maximum Gasteiger partial charge on any atom is 0.280 e. The summed E-state index contributed by atoms with van der Waals surface area (Å²) in [4.78, 5) is 0. The normalized spacial score (nSPS) is 32.7. The van der Waals surface area contributed by atoms with E-state index in [9.17, 15) is 13.7 Å². The van der Waals surface area contributed by atoms with Gasteiger partial charge in [-0.15, -0.1) is 0 Å². The van der Waals surface area contributed by atoms with Crippen molar-refractivity contribution in [3.05, 3.63) is 0 Å². The Hall–Kier alpha value is -0.640. The molecule has 0 aromatic heterocycles. The van der Waals surface area contributed by atoms with Gasteiger partial charge in [-0.05, 0) is 44.4 Å². The molecular weight excluding hydrogens is 274 g/mol. The zero-order valence-corrected chi connectivity index (χ0v) is 13.1. The van der Waals surface area contributed by atoms with Crippen molar-refractivity contribution in [1.82, 2.24) is 9.03 Å². The number of nitriles is 1. The quantitative estimate of drug-likeness (QED) is 0.864. The van der Waals surface area contributed by atoms with Crippen LogP contribution < -0.4 is 4.72 Å². The monoisotopic (exact) mass is 299 g/mol. The van der Waals surface area contributed by atoms with Crippen LogP contribution >= 0.6 is 0 Å². The van der Waals surface area contributed by atoms with Crippen LogP contribution in [0, 0.1) is 17.2 Å². The molecule has 1 saturated carbocycles. The van der Waals surface area contributed by atoms with E-state index in [4.69, 9.17) is 0 Å². The van der Waals surface area contributed by atoms with E-state index in [1.54, 1.807) is 0 Å². The summed E-state index contributed by atoms with van der Waals surface area (Å²) < 4.78 is 29.1. The van der Waals surface area contributed by atoms with Crippen molar-refractivity contribution in [2.45, 2.75) is 63.8 Å². The minimum atomic E-state index is -3.52. The van der Waals surface area contributed by atoms with Gasteiger partial charge >= 0.3 is 0 Å². The van der Waals surface area contributed by atoms with Crippen LogP contribution in [0.3, 0.4) is 0 Å². The van der Waals surface area contributed by atoms with Crippen molar-refractivity contribution in [2.75, 3.05) is 13.1 Å². The molecule has 1 saturated heterocycles. The smallest absolute Gasteiger partial charge is 0.196 e. The highest BCUT2D eigenvalue weighted by atomic mass is 32.2. The van der Waals surface area contributed by atoms with Gasteiger partial charge in [0.15, 0.2) is 0 Å². The van der Waals surface area contributed by atoms with Gasteiger partial charge in [0, 0.05) is 13.1 Å². The SMILES string of the molecule is CCC1CCC(C#N)(NS(=O)(=O)N2CCCCC2)CC1. The summed E-state index contributed by atoms with van der Waals surface area (Å²) in [7, 11) is -3.52. The van der Waals surface area contributed by atoms with Crippen molar-refractivity contribution in [2.24, 2.45) is 5.92 Å². The molecule has 0 spiro atoms. The summed E-state index contributed by atoms with van der Waals surface area (Å²) in [5.41, 5.74) is -0.887. The topological polar surface area (TPSA) is 73.2 Å². The van der Waals surface area contributed by atoms with Gasteiger partial charge in [0.2, 0.25) is 0 Å². The molecule has 2 rings (SSSR count). The second kappa shape index (κ2) is 6.42. The van der Waals surface area contributed by atoms with Gasteiger partial charge in [-0.25, -0.2) is 0 Å². The third kappa shape index (κ3) is 3.51. The number of hydrogen-bond donors (Lipinski definition) is 1. The minimum Gasteiger partial charge on any atom is -0.196 e. The number of nitrogens with zero attached hydrogens (tertiary/aromatic N) is 2. The highest BCUT2D eigenvalue weighted by molar-refractivity contribution is 7.87. The standard InChI is InChI=1S/C14H25N3O2S/c1-2-13-6-8-14(12-15,9-7-13)16-20(18,19)17-10-4-3-5-11-17/h13,16H,2-11H2,1H3. The largest absolute Gasteiger partial charge is 0.280 e. The molecule has 0 radical (unpaired) electrons. The highest BCUT2D eigenvalue weighted by Crippen LogP contribution is 2.34. The zero-order valence-electron chi connectivity index (χ0n) is 12.3. The van der Waals surface area contributed by atoms with E-state index in [2.05, 4.69) is 17.7 Å². The van der Waals surface area contributed by atoms with Crippen LogP contribution in [0.4, 0.5) is 0 Å². The van der Waals surface area contributed by atoms with Crippen LogP contribution in [0.5, 0.6) is 0 Å². The number of piperidine rings is 1. The fraction of sp³-hybridized carbons (Fsp3) is 0.929. The summed E-state index contributed by atoms with van der Waals surface area (Å²) >= 11 is 0. The fourth-order valence-corrected chi connectivity index (χ4v) is 4.84. The van der Waals surface area contributed by atoms with Crippen molar-refractivity contribution in [1.29, 1.82) is 5.26 Å². The first kappa shape index (κ1) is 15.7. The number of hydrogen-bond acceptors (Lipinski definition) is 3.